The van der Waals surface area contributed by atoms with E-state index >= 15 is 0 Å². The van der Waals surface area contributed by atoms with E-state index in [2.05, 4.69) is 0 Å². The third-order valence-corrected chi connectivity index (χ3v) is 2.76. The average Bonchev–Trinajstić information content (AvgIpc) is 2.40. The summed E-state index contributed by atoms with van der Waals surface area (Å²) in [6.07, 6.45) is 1.33. The highest BCUT2D eigenvalue weighted by Crippen LogP contribution is 2.15. The fourth-order valence-corrected chi connectivity index (χ4v) is 1.82. The lowest BCUT2D eigenvalue weighted by atomic mass is 9.99. The van der Waals surface area contributed by atoms with E-state index < -0.39 is 5.97 Å². The molecule has 3 heteroatoms. The Labute approximate surface area is 105 Å². The lowest BCUT2D eigenvalue weighted by molar-refractivity contribution is 0.0695. The van der Waals surface area contributed by atoms with Crippen molar-refractivity contribution >= 4 is 12.3 Å². The highest BCUT2D eigenvalue weighted by atomic mass is 16.4. The number of aldehydes is 1. The molecule has 0 unspecified atom stereocenters. The second kappa shape index (κ2) is 5.27. The lowest BCUT2D eigenvalue weighted by Crippen LogP contribution is -2.02. The number of carboxylic acids is 1. The summed E-state index contributed by atoms with van der Waals surface area (Å²) < 4.78 is 0. The molecular weight excluding hydrogens is 228 g/mol. The number of aromatic carboxylic acids is 1. The van der Waals surface area contributed by atoms with Crippen LogP contribution < -0.4 is 0 Å². The summed E-state index contributed by atoms with van der Waals surface area (Å²) in [5.41, 5.74) is 2.68. The molecule has 0 aromatic heterocycles. The van der Waals surface area contributed by atoms with E-state index in [4.69, 9.17) is 5.11 Å². The van der Waals surface area contributed by atoms with E-state index in [1.807, 2.05) is 18.2 Å². The van der Waals surface area contributed by atoms with E-state index in [1.54, 1.807) is 30.3 Å². The third-order valence-electron chi connectivity index (χ3n) is 2.76. The molecule has 0 radical (unpaired) electrons. The van der Waals surface area contributed by atoms with E-state index in [-0.39, 0.29) is 0 Å². The molecule has 0 aliphatic rings. The van der Waals surface area contributed by atoms with Crippen LogP contribution in [-0.2, 0) is 6.42 Å². The van der Waals surface area contributed by atoms with E-state index in [1.165, 1.54) is 0 Å². The molecule has 0 bridgehead atoms. The number of carbonyl (C=O) groups excluding carboxylic acids is 1. The standard InChI is InChI=1S/C15H12O3/c16-10-12-7-5-11(6-8-12)9-13-3-1-2-4-14(13)15(17)18/h1-8,10H,9H2,(H,17,18). The van der Waals surface area contributed by atoms with Crippen molar-refractivity contribution in [2.24, 2.45) is 0 Å². The van der Waals surface area contributed by atoms with E-state index in [0.29, 0.717) is 17.5 Å². The Morgan fingerprint density at radius 3 is 2.33 bits per heavy atom. The molecule has 0 fully saturated rings. The highest BCUT2D eigenvalue weighted by molar-refractivity contribution is 5.89. The molecule has 1 N–H and O–H groups in total. The van der Waals surface area contributed by atoms with Gasteiger partial charge in [-0.25, -0.2) is 4.79 Å². The molecule has 90 valence electrons. The first-order valence-corrected chi connectivity index (χ1v) is 5.56. The van der Waals surface area contributed by atoms with Crippen molar-refractivity contribution in [2.75, 3.05) is 0 Å². The zero-order valence-electron chi connectivity index (χ0n) is 9.67. The zero-order valence-corrected chi connectivity index (χ0v) is 9.67. The van der Waals surface area contributed by atoms with Crippen molar-refractivity contribution in [1.29, 1.82) is 0 Å². The number of carbonyl (C=O) groups is 2. The summed E-state index contributed by atoms with van der Waals surface area (Å²) in [6.45, 7) is 0. The minimum absolute atomic E-state index is 0.317. The second-order valence-corrected chi connectivity index (χ2v) is 4.00. The third kappa shape index (κ3) is 2.63. The van der Waals surface area contributed by atoms with Crippen molar-refractivity contribution in [2.45, 2.75) is 6.42 Å². The molecule has 2 aromatic rings. The van der Waals surface area contributed by atoms with Gasteiger partial charge in [0.25, 0.3) is 0 Å². The molecule has 0 amide bonds. The number of carboxylic acid groups (broad SMARTS) is 1. The number of benzene rings is 2. The molecule has 3 nitrogen and oxygen atoms in total. The van der Waals surface area contributed by atoms with Gasteiger partial charge in [-0.3, -0.25) is 4.79 Å². The molecule has 0 heterocycles. The first-order valence-electron chi connectivity index (χ1n) is 5.56. The van der Waals surface area contributed by atoms with Gasteiger partial charge in [0.2, 0.25) is 0 Å². The Hall–Kier alpha value is -2.42. The molecule has 0 saturated heterocycles. The molecule has 0 aliphatic heterocycles. The van der Waals surface area contributed by atoms with E-state index in [9.17, 15) is 9.59 Å². The molecule has 2 aromatic carbocycles. The predicted molar refractivity (Wildman–Crippen MR) is 68.0 cm³/mol. The van der Waals surface area contributed by atoms with Crippen LogP contribution >= 0.6 is 0 Å². The molecule has 2 rings (SSSR count). The van der Waals surface area contributed by atoms with Gasteiger partial charge in [-0.1, -0.05) is 42.5 Å². The molecular formula is C15H12O3. The van der Waals surface area contributed by atoms with Gasteiger partial charge in [0.1, 0.15) is 6.29 Å². The topological polar surface area (TPSA) is 54.4 Å². The number of rotatable bonds is 4. The Morgan fingerprint density at radius 1 is 1.06 bits per heavy atom. The van der Waals surface area contributed by atoms with Crippen molar-refractivity contribution < 1.29 is 14.7 Å². The number of hydrogen-bond donors (Lipinski definition) is 1. The largest absolute Gasteiger partial charge is 0.478 e. The SMILES string of the molecule is O=Cc1ccc(Cc2ccccc2C(=O)O)cc1. The maximum Gasteiger partial charge on any atom is 0.335 e. The quantitative estimate of drug-likeness (QED) is 0.836. The summed E-state index contributed by atoms with van der Waals surface area (Å²) in [7, 11) is 0. The van der Waals surface area contributed by atoms with Crippen LogP contribution in [0.5, 0.6) is 0 Å². The Morgan fingerprint density at radius 2 is 1.72 bits per heavy atom. The fourth-order valence-electron chi connectivity index (χ4n) is 1.82. The average molecular weight is 240 g/mol. The van der Waals surface area contributed by atoms with E-state index in [0.717, 1.165) is 17.4 Å². The van der Waals surface area contributed by atoms with Crippen LogP contribution in [0.15, 0.2) is 48.5 Å². The van der Waals surface area contributed by atoms with Crippen LogP contribution in [0.4, 0.5) is 0 Å². The first-order chi connectivity index (χ1) is 8.70. The van der Waals surface area contributed by atoms with Gasteiger partial charge in [-0.2, -0.15) is 0 Å². The molecule has 0 aliphatic carbocycles. The van der Waals surface area contributed by atoms with Gasteiger partial charge < -0.3 is 5.11 Å². The number of hydrogen-bond acceptors (Lipinski definition) is 2. The minimum Gasteiger partial charge on any atom is -0.478 e. The summed E-state index contributed by atoms with van der Waals surface area (Å²) >= 11 is 0. The molecule has 0 spiro atoms. The van der Waals surface area contributed by atoms with Crippen LogP contribution in [0.1, 0.15) is 31.8 Å². The van der Waals surface area contributed by atoms with Gasteiger partial charge in [-0.05, 0) is 23.6 Å². The van der Waals surface area contributed by atoms with Crippen molar-refractivity contribution in [3.05, 3.63) is 70.8 Å². The van der Waals surface area contributed by atoms with Gasteiger partial charge in [0.05, 0.1) is 5.56 Å². The Bertz CT molecular complexity index is 571. The Balaban J connectivity index is 2.28. The molecule has 18 heavy (non-hydrogen) atoms. The highest BCUT2D eigenvalue weighted by Gasteiger charge is 2.09. The smallest absolute Gasteiger partial charge is 0.335 e. The van der Waals surface area contributed by atoms with Gasteiger partial charge >= 0.3 is 5.97 Å². The zero-order chi connectivity index (χ0) is 13.0. The second-order valence-electron chi connectivity index (χ2n) is 4.00. The normalized spacial score (nSPS) is 10.0. The molecule has 0 saturated carbocycles. The minimum atomic E-state index is -0.921. The summed E-state index contributed by atoms with van der Waals surface area (Å²) in [4.78, 5) is 21.6. The van der Waals surface area contributed by atoms with Crippen molar-refractivity contribution in [3.63, 3.8) is 0 Å². The fraction of sp³-hybridized carbons (Fsp3) is 0.0667. The van der Waals surface area contributed by atoms with Gasteiger partial charge in [-0.15, -0.1) is 0 Å². The summed E-state index contributed by atoms with van der Waals surface area (Å²) in [5.74, 6) is -0.921. The first kappa shape index (κ1) is 12.0. The summed E-state index contributed by atoms with van der Waals surface area (Å²) in [5, 5.41) is 9.08. The maximum atomic E-state index is 11.1. The van der Waals surface area contributed by atoms with Crippen LogP contribution in [0, 0.1) is 0 Å². The molecule has 0 atom stereocenters. The van der Waals surface area contributed by atoms with Crippen LogP contribution in [0.3, 0.4) is 0 Å². The lowest BCUT2D eigenvalue weighted by Gasteiger charge is -2.06. The Kier molecular flexibility index (Phi) is 3.53. The monoisotopic (exact) mass is 240 g/mol. The van der Waals surface area contributed by atoms with Gasteiger partial charge in [0, 0.05) is 5.56 Å². The van der Waals surface area contributed by atoms with Crippen molar-refractivity contribution in [3.8, 4) is 0 Å². The summed E-state index contributed by atoms with van der Waals surface area (Å²) in [6, 6.07) is 14.1. The van der Waals surface area contributed by atoms with Crippen LogP contribution in [-0.4, -0.2) is 17.4 Å². The predicted octanol–water partition coefficient (Wildman–Crippen LogP) is 2.79. The van der Waals surface area contributed by atoms with Crippen LogP contribution in [0.2, 0.25) is 0 Å². The maximum absolute atomic E-state index is 11.1. The van der Waals surface area contributed by atoms with Gasteiger partial charge in [0.15, 0.2) is 0 Å². The van der Waals surface area contributed by atoms with Crippen molar-refractivity contribution in [1.82, 2.24) is 0 Å². The van der Waals surface area contributed by atoms with Crippen LogP contribution in [0.25, 0.3) is 0 Å².